The number of hydrogen-bond acceptors (Lipinski definition) is 7. The summed E-state index contributed by atoms with van der Waals surface area (Å²) in [5.74, 6) is -0.359. The van der Waals surface area contributed by atoms with E-state index in [0.717, 1.165) is 44.9 Å². The lowest BCUT2D eigenvalue weighted by molar-refractivity contribution is -0.154. The molecule has 0 saturated heterocycles. The van der Waals surface area contributed by atoms with Crippen molar-refractivity contribution in [3.05, 3.63) is 36.5 Å². The Morgan fingerprint density at radius 2 is 1.10 bits per heavy atom. The second-order valence-corrected chi connectivity index (χ2v) is 14.3. The van der Waals surface area contributed by atoms with Gasteiger partial charge in [0.05, 0.1) is 19.8 Å². The van der Waals surface area contributed by atoms with E-state index in [2.05, 4.69) is 50.3 Å². The maximum atomic E-state index is 12.5. The Kier molecular flexibility index (Phi) is 36.0. The van der Waals surface area contributed by atoms with Crippen LogP contribution in [0.15, 0.2) is 36.5 Å². The normalized spacial score (nSPS) is 14.0. The summed E-state index contributed by atoms with van der Waals surface area (Å²) in [6.07, 6.45) is 40.1. The highest BCUT2D eigenvalue weighted by molar-refractivity contribution is 7.47. The Morgan fingerprint density at radius 3 is 1.67 bits per heavy atom. The minimum Gasteiger partial charge on any atom is -0.457 e. The minimum absolute atomic E-state index is 0.0947. The number of hydrogen-bond donors (Lipinski definition) is 2. The number of ether oxygens (including phenoxy) is 2. The molecule has 8 nitrogen and oxygen atoms in total. The van der Waals surface area contributed by atoms with E-state index in [4.69, 9.17) is 24.3 Å². The molecule has 0 aromatic heterocycles. The van der Waals surface area contributed by atoms with E-state index >= 15 is 0 Å². The van der Waals surface area contributed by atoms with Crippen molar-refractivity contribution in [1.29, 1.82) is 0 Å². The molecule has 2 unspecified atom stereocenters. The van der Waals surface area contributed by atoms with Gasteiger partial charge in [-0.15, -0.1) is 0 Å². The van der Waals surface area contributed by atoms with Crippen LogP contribution in [0.5, 0.6) is 0 Å². The van der Waals surface area contributed by atoms with Gasteiger partial charge in [0.2, 0.25) is 0 Å². The summed E-state index contributed by atoms with van der Waals surface area (Å²) >= 11 is 0. The summed E-state index contributed by atoms with van der Waals surface area (Å²) in [5, 5.41) is 0. The highest BCUT2D eigenvalue weighted by Crippen LogP contribution is 2.43. The third kappa shape index (κ3) is 36.0. The lowest BCUT2D eigenvalue weighted by Crippen LogP contribution is -2.28. The third-order valence-corrected chi connectivity index (χ3v) is 9.04. The molecule has 48 heavy (non-hydrogen) atoms. The summed E-state index contributed by atoms with van der Waals surface area (Å²) in [7, 11) is -4.28. The molecular weight excluding hydrogens is 625 g/mol. The number of esters is 1. The van der Waals surface area contributed by atoms with E-state index in [1.807, 2.05) is 0 Å². The van der Waals surface area contributed by atoms with Crippen molar-refractivity contribution in [2.24, 2.45) is 5.73 Å². The molecule has 9 heteroatoms. The zero-order valence-electron chi connectivity index (χ0n) is 31.0. The molecule has 0 aromatic rings. The molecule has 0 bridgehead atoms. The predicted octanol–water partition coefficient (Wildman–Crippen LogP) is 11.1. The van der Waals surface area contributed by atoms with E-state index < -0.39 is 13.9 Å². The van der Waals surface area contributed by atoms with Crippen LogP contribution in [0.4, 0.5) is 0 Å². The predicted molar refractivity (Wildman–Crippen MR) is 201 cm³/mol. The average Bonchev–Trinajstić information content (AvgIpc) is 3.07. The number of allylic oxidation sites excluding steroid dienone is 6. The van der Waals surface area contributed by atoms with Crippen molar-refractivity contribution in [1.82, 2.24) is 0 Å². The molecule has 0 aliphatic rings. The number of phosphoric ester groups is 1. The number of carbonyl (C=O) groups is 1. The highest BCUT2D eigenvalue weighted by atomic mass is 31.2. The van der Waals surface area contributed by atoms with E-state index in [-0.39, 0.29) is 38.8 Å². The van der Waals surface area contributed by atoms with Gasteiger partial charge in [-0.05, 0) is 64.2 Å². The molecule has 0 amide bonds. The zero-order chi connectivity index (χ0) is 35.2. The van der Waals surface area contributed by atoms with Crippen molar-refractivity contribution >= 4 is 13.8 Å². The number of nitrogens with two attached hydrogens (primary N) is 1. The summed E-state index contributed by atoms with van der Waals surface area (Å²) in [5.41, 5.74) is 5.35. The Morgan fingerprint density at radius 1 is 0.625 bits per heavy atom. The molecule has 0 saturated carbocycles. The van der Waals surface area contributed by atoms with Crippen LogP contribution >= 0.6 is 7.82 Å². The monoisotopic (exact) mass is 700 g/mol. The van der Waals surface area contributed by atoms with E-state index in [0.29, 0.717) is 6.61 Å². The number of carbonyl (C=O) groups excluding carboxylic acids is 1. The Bertz CT molecular complexity index is 833. The summed E-state index contributed by atoms with van der Waals surface area (Å²) < 4.78 is 33.3. The van der Waals surface area contributed by atoms with Gasteiger partial charge >= 0.3 is 13.8 Å². The molecule has 0 aromatic carbocycles. The molecular formula is C39H74NO7P. The van der Waals surface area contributed by atoms with Crippen LogP contribution in [-0.4, -0.2) is 49.9 Å². The van der Waals surface area contributed by atoms with Crippen molar-refractivity contribution in [2.45, 2.75) is 174 Å². The smallest absolute Gasteiger partial charge is 0.457 e. The van der Waals surface area contributed by atoms with Gasteiger partial charge in [-0.2, -0.15) is 0 Å². The molecule has 0 aliphatic heterocycles. The molecule has 3 N–H and O–H groups in total. The van der Waals surface area contributed by atoms with Crippen LogP contribution in [0.1, 0.15) is 168 Å². The van der Waals surface area contributed by atoms with Crippen LogP contribution in [0, 0.1) is 0 Å². The standard InChI is InChI=1S/C39H74NO7P/c1-3-5-7-9-11-13-15-17-19-20-22-24-26-28-30-32-39(41)47-38(37-46-48(42,43)45-35-33-40)36-44-34-31-29-27-25-23-21-18-16-14-12-10-8-6-4-2/h14,16-17,19-20,22,38H,3-13,15,18,21,23-37,40H2,1-2H3,(H,42,43). The van der Waals surface area contributed by atoms with E-state index in [1.54, 1.807) is 0 Å². The van der Waals surface area contributed by atoms with Gasteiger partial charge in [0, 0.05) is 19.6 Å². The molecule has 0 rings (SSSR count). The lowest BCUT2D eigenvalue weighted by Gasteiger charge is -2.20. The maximum Gasteiger partial charge on any atom is 0.472 e. The summed E-state index contributed by atoms with van der Waals surface area (Å²) in [6, 6.07) is 0. The number of phosphoric acid groups is 1. The fraction of sp³-hybridized carbons (Fsp3) is 0.821. The van der Waals surface area contributed by atoms with Gasteiger partial charge in [0.25, 0.3) is 0 Å². The van der Waals surface area contributed by atoms with Crippen molar-refractivity contribution < 1.29 is 32.8 Å². The number of rotatable bonds is 37. The van der Waals surface area contributed by atoms with Crippen LogP contribution in [0.2, 0.25) is 0 Å². The van der Waals surface area contributed by atoms with Crippen LogP contribution < -0.4 is 5.73 Å². The van der Waals surface area contributed by atoms with Crippen molar-refractivity contribution in [2.75, 3.05) is 33.0 Å². The fourth-order valence-electron chi connectivity index (χ4n) is 5.16. The van der Waals surface area contributed by atoms with Crippen molar-refractivity contribution in [3.63, 3.8) is 0 Å². The van der Waals surface area contributed by atoms with Gasteiger partial charge in [-0.1, -0.05) is 134 Å². The molecule has 282 valence electrons. The van der Waals surface area contributed by atoms with Gasteiger partial charge < -0.3 is 20.1 Å². The first-order chi connectivity index (χ1) is 23.4. The van der Waals surface area contributed by atoms with Crippen LogP contribution in [-0.2, 0) is 27.9 Å². The highest BCUT2D eigenvalue weighted by Gasteiger charge is 2.25. The molecule has 0 aliphatic carbocycles. The Labute approximate surface area is 295 Å². The third-order valence-electron chi connectivity index (χ3n) is 8.06. The Hall–Kier alpha value is -1.28. The fourth-order valence-corrected chi connectivity index (χ4v) is 5.92. The lowest BCUT2D eigenvalue weighted by atomic mass is 10.1. The maximum absolute atomic E-state index is 12.5. The molecule has 0 heterocycles. The van der Waals surface area contributed by atoms with Gasteiger partial charge in [0.15, 0.2) is 0 Å². The van der Waals surface area contributed by atoms with E-state index in [1.165, 1.54) is 103 Å². The minimum atomic E-state index is -4.28. The summed E-state index contributed by atoms with van der Waals surface area (Å²) in [6.45, 7) is 4.84. The second kappa shape index (κ2) is 37.0. The van der Waals surface area contributed by atoms with Crippen LogP contribution in [0.25, 0.3) is 0 Å². The second-order valence-electron chi connectivity index (χ2n) is 12.8. The average molecular weight is 700 g/mol. The molecule has 0 radical (unpaired) electrons. The van der Waals surface area contributed by atoms with Crippen molar-refractivity contribution in [3.8, 4) is 0 Å². The molecule has 2 atom stereocenters. The topological polar surface area (TPSA) is 117 Å². The molecule has 0 spiro atoms. The first-order valence-electron chi connectivity index (χ1n) is 19.5. The summed E-state index contributed by atoms with van der Waals surface area (Å²) in [4.78, 5) is 22.4. The first-order valence-corrected chi connectivity index (χ1v) is 21.0. The van der Waals surface area contributed by atoms with Gasteiger partial charge in [-0.3, -0.25) is 13.8 Å². The Balaban J connectivity index is 4.15. The largest absolute Gasteiger partial charge is 0.472 e. The zero-order valence-corrected chi connectivity index (χ0v) is 31.9. The quantitative estimate of drug-likeness (QED) is 0.0216. The SMILES string of the molecule is CCCCCCC=CCCCCCCCCOCC(COP(=O)(O)OCCN)OC(=O)CCCCCC=CC=CCCCCCCCC. The van der Waals surface area contributed by atoms with E-state index in [9.17, 15) is 14.3 Å². The van der Waals surface area contributed by atoms with Gasteiger partial charge in [0.1, 0.15) is 6.10 Å². The molecule has 0 fully saturated rings. The van der Waals surface area contributed by atoms with Gasteiger partial charge in [-0.25, -0.2) is 4.57 Å². The van der Waals surface area contributed by atoms with Crippen LogP contribution in [0.3, 0.4) is 0 Å². The number of unbranched alkanes of at least 4 members (excludes halogenated alkanes) is 19. The first kappa shape index (κ1) is 46.7.